The average Bonchev–Trinajstić information content (AvgIpc) is 2.43. The van der Waals surface area contributed by atoms with Crippen LogP contribution in [0.1, 0.15) is 13.8 Å². The molecule has 0 aliphatic heterocycles. The molecule has 23 heavy (non-hydrogen) atoms. The van der Waals surface area contributed by atoms with Gasteiger partial charge in [0.15, 0.2) is 0 Å². The summed E-state index contributed by atoms with van der Waals surface area (Å²) in [6.45, 7) is 3.61. The van der Waals surface area contributed by atoms with E-state index in [1.807, 2.05) is 13.8 Å². The average molecular weight is 378 g/mol. The van der Waals surface area contributed by atoms with Gasteiger partial charge in [-0.05, 0) is 38.1 Å². The van der Waals surface area contributed by atoms with Gasteiger partial charge in [-0.2, -0.15) is 0 Å². The van der Waals surface area contributed by atoms with E-state index in [1.165, 1.54) is 24.3 Å². The fraction of sp³-hybridized carbons (Fsp3) is 0.200. The third-order valence-corrected chi connectivity index (χ3v) is 4.71. The molecule has 2 aromatic rings. The molecule has 0 aliphatic rings. The van der Waals surface area contributed by atoms with E-state index in [0.29, 0.717) is 5.75 Å². The Bertz CT molecular complexity index is 825. The molecule has 0 radical (unpaired) electrons. The minimum absolute atomic E-state index is 0.0935. The van der Waals surface area contributed by atoms with Crippen molar-refractivity contribution in [2.75, 3.05) is 4.72 Å². The van der Waals surface area contributed by atoms with Crippen LogP contribution in [0.15, 0.2) is 41.3 Å². The van der Waals surface area contributed by atoms with Crippen molar-refractivity contribution in [1.29, 1.82) is 0 Å². The third kappa shape index (κ3) is 4.50. The molecule has 0 atom stereocenters. The summed E-state index contributed by atoms with van der Waals surface area (Å²) in [6, 6.07) is 7.42. The Morgan fingerprint density at radius 1 is 1.13 bits per heavy atom. The van der Waals surface area contributed by atoms with Crippen LogP contribution in [0.3, 0.4) is 0 Å². The zero-order chi connectivity index (χ0) is 17.2. The number of sulfonamides is 1. The van der Waals surface area contributed by atoms with E-state index in [-0.39, 0.29) is 26.7 Å². The molecule has 0 unspecified atom stereocenters. The normalized spacial score (nSPS) is 11.6. The fourth-order valence-corrected chi connectivity index (χ4v) is 3.42. The minimum atomic E-state index is -3.99. The summed E-state index contributed by atoms with van der Waals surface area (Å²) in [5.74, 6) is -0.359. The maximum absolute atomic E-state index is 13.2. The fourth-order valence-electron chi connectivity index (χ4n) is 1.79. The molecular weight excluding hydrogens is 364 g/mol. The van der Waals surface area contributed by atoms with E-state index in [9.17, 15) is 12.8 Å². The lowest BCUT2D eigenvalue weighted by molar-refractivity contribution is 0.243. The van der Waals surface area contributed by atoms with E-state index in [4.69, 9.17) is 27.9 Å². The van der Waals surface area contributed by atoms with Crippen molar-refractivity contribution in [2.24, 2.45) is 0 Å². The van der Waals surface area contributed by atoms with Gasteiger partial charge in [0.1, 0.15) is 11.6 Å². The molecule has 0 bridgehead atoms. The molecule has 4 nitrogen and oxygen atoms in total. The Labute approximate surface area is 144 Å². The first kappa shape index (κ1) is 17.8. The number of benzene rings is 2. The van der Waals surface area contributed by atoms with Gasteiger partial charge in [-0.25, -0.2) is 12.8 Å². The Morgan fingerprint density at radius 2 is 1.83 bits per heavy atom. The number of halogens is 3. The quantitative estimate of drug-likeness (QED) is 0.819. The van der Waals surface area contributed by atoms with Crippen molar-refractivity contribution in [2.45, 2.75) is 24.8 Å². The molecule has 2 aromatic carbocycles. The van der Waals surface area contributed by atoms with Crippen LogP contribution < -0.4 is 9.46 Å². The summed E-state index contributed by atoms with van der Waals surface area (Å²) in [7, 11) is -3.99. The van der Waals surface area contributed by atoms with Crippen molar-refractivity contribution in [3.05, 3.63) is 52.3 Å². The molecule has 0 amide bonds. The van der Waals surface area contributed by atoms with Gasteiger partial charge in [0, 0.05) is 6.07 Å². The van der Waals surface area contributed by atoms with Crippen LogP contribution in [-0.2, 0) is 10.0 Å². The summed E-state index contributed by atoms with van der Waals surface area (Å²) in [4.78, 5) is -0.213. The predicted molar refractivity (Wildman–Crippen MR) is 89.4 cm³/mol. The highest BCUT2D eigenvalue weighted by Crippen LogP contribution is 2.35. The lowest BCUT2D eigenvalue weighted by atomic mass is 10.3. The van der Waals surface area contributed by atoms with E-state index in [0.717, 1.165) is 12.1 Å². The van der Waals surface area contributed by atoms with E-state index >= 15 is 0 Å². The highest BCUT2D eigenvalue weighted by atomic mass is 35.5. The Kier molecular flexibility index (Phi) is 5.39. The summed E-state index contributed by atoms with van der Waals surface area (Å²) < 4.78 is 45.6. The van der Waals surface area contributed by atoms with Crippen molar-refractivity contribution in [1.82, 2.24) is 0 Å². The number of rotatable bonds is 5. The molecule has 0 aromatic heterocycles. The van der Waals surface area contributed by atoms with Crippen LogP contribution in [0.4, 0.5) is 10.1 Å². The van der Waals surface area contributed by atoms with Crippen LogP contribution in [0.5, 0.6) is 5.75 Å². The SMILES string of the molecule is CC(C)Oc1cc(NS(=O)(=O)c2cccc(F)c2)c(Cl)cc1Cl. The van der Waals surface area contributed by atoms with Gasteiger partial charge in [-0.1, -0.05) is 29.3 Å². The largest absolute Gasteiger partial charge is 0.489 e. The van der Waals surface area contributed by atoms with Gasteiger partial charge in [-0.3, -0.25) is 4.72 Å². The van der Waals surface area contributed by atoms with E-state index < -0.39 is 15.8 Å². The molecule has 0 heterocycles. The second-order valence-corrected chi connectivity index (χ2v) is 7.49. The first-order valence-corrected chi connectivity index (χ1v) is 8.87. The summed E-state index contributed by atoms with van der Waals surface area (Å²) >= 11 is 12.0. The number of hydrogen-bond acceptors (Lipinski definition) is 3. The highest BCUT2D eigenvalue weighted by molar-refractivity contribution is 7.92. The second kappa shape index (κ2) is 6.95. The van der Waals surface area contributed by atoms with E-state index in [2.05, 4.69) is 4.72 Å². The van der Waals surface area contributed by atoms with E-state index in [1.54, 1.807) is 0 Å². The van der Waals surface area contributed by atoms with Crippen molar-refractivity contribution < 1.29 is 17.5 Å². The molecule has 0 spiro atoms. The monoisotopic (exact) mass is 377 g/mol. The third-order valence-electron chi connectivity index (χ3n) is 2.73. The second-order valence-electron chi connectivity index (χ2n) is 4.99. The maximum Gasteiger partial charge on any atom is 0.262 e. The van der Waals surface area contributed by atoms with Crippen LogP contribution in [-0.4, -0.2) is 14.5 Å². The Balaban J connectivity index is 2.39. The maximum atomic E-state index is 13.2. The Morgan fingerprint density at radius 3 is 2.43 bits per heavy atom. The first-order valence-electron chi connectivity index (χ1n) is 6.63. The van der Waals surface area contributed by atoms with Crippen molar-refractivity contribution in [3.8, 4) is 5.75 Å². The lowest BCUT2D eigenvalue weighted by Gasteiger charge is -2.15. The smallest absolute Gasteiger partial charge is 0.262 e. The Hall–Kier alpha value is -1.50. The molecule has 1 N–H and O–H groups in total. The lowest BCUT2D eigenvalue weighted by Crippen LogP contribution is -2.14. The molecule has 124 valence electrons. The van der Waals surface area contributed by atoms with Gasteiger partial charge in [0.25, 0.3) is 10.0 Å². The molecule has 0 saturated heterocycles. The van der Waals surface area contributed by atoms with Gasteiger partial charge < -0.3 is 4.74 Å². The van der Waals surface area contributed by atoms with Crippen molar-refractivity contribution >= 4 is 38.9 Å². The predicted octanol–water partition coefficient (Wildman–Crippen LogP) is 4.72. The van der Waals surface area contributed by atoms with Crippen LogP contribution >= 0.6 is 23.2 Å². The topological polar surface area (TPSA) is 55.4 Å². The molecule has 0 aliphatic carbocycles. The number of anilines is 1. The number of nitrogens with one attached hydrogen (secondary N) is 1. The summed E-state index contributed by atoms with van der Waals surface area (Å²) in [6.07, 6.45) is -0.152. The molecular formula is C15H14Cl2FNO3S. The highest BCUT2D eigenvalue weighted by Gasteiger charge is 2.18. The van der Waals surface area contributed by atoms with Gasteiger partial charge in [-0.15, -0.1) is 0 Å². The zero-order valence-electron chi connectivity index (χ0n) is 12.3. The number of hydrogen-bond donors (Lipinski definition) is 1. The standard InChI is InChI=1S/C15H14Cl2FNO3S/c1-9(2)22-15-8-14(12(16)7-13(15)17)19-23(20,21)11-5-3-4-10(18)6-11/h3-9,19H,1-2H3. The first-order chi connectivity index (χ1) is 10.7. The molecule has 2 rings (SSSR count). The number of ether oxygens (including phenoxy) is 1. The van der Waals surface area contributed by atoms with Crippen molar-refractivity contribution in [3.63, 3.8) is 0 Å². The van der Waals surface area contributed by atoms with Crippen LogP contribution in [0.25, 0.3) is 0 Å². The zero-order valence-corrected chi connectivity index (χ0v) is 14.6. The summed E-state index contributed by atoms with van der Waals surface area (Å²) in [5.41, 5.74) is 0.0935. The van der Waals surface area contributed by atoms with Crippen LogP contribution in [0, 0.1) is 5.82 Å². The molecule has 0 fully saturated rings. The molecule has 8 heteroatoms. The van der Waals surface area contributed by atoms with Crippen LogP contribution in [0.2, 0.25) is 10.0 Å². The summed E-state index contributed by atoms with van der Waals surface area (Å²) in [5, 5.41) is 0.364. The van der Waals surface area contributed by atoms with Gasteiger partial charge in [0.2, 0.25) is 0 Å². The minimum Gasteiger partial charge on any atom is -0.489 e. The molecule has 0 saturated carbocycles. The van der Waals surface area contributed by atoms with Gasteiger partial charge >= 0.3 is 0 Å². The van der Waals surface area contributed by atoms with Gasteiger partial charge in [0.05, 0.1) is 26.7 Å².